The lowest BCUT2D eigenvalue weighted by atomic mass is 10.2. The maximum atomic E-state index is 12.5. The van der Waals surface area contributed by atoms with Crippen LogP contribution in [0.3, 0.4) is 0 Å². The van der Waals surface area contributed by atoms with Gasteiger partial charge in [0.25, 0.3) is 0 Å². The SMILES string of the molecule is CC(C)NC(=O)N(O)c1cc(C(F)(F)F)ccc1Cl. The minimum Gasteiger partial charge on any atom is -0.334 e. The Bertz CT molecular complexity index is 477. The maximum Gasteiger partial charge on any atom is 0.416 e. The second-order valence-electron chi connectivity index (χ2n) is 4.08. The topological polar surface area (TPSA) is 52.6 Å². The van der Waals surface area contributed by atoms with Gasteiger partial charge >= 0.3 is 12.2 Å². The Kier molecular flexibility index (Phi) is 4.65. The summed E-state index contributed by atoms with van der Waals surface area (Å²) in [5.41, 5.74) is -1.45. The average Bonchev–Trinajstić information content (AvgIpc) is 2.26. The molecule has 0 saturated heterocycles. The number of benzene rings is 1. The molecule has 0 unspecified atom stereocenters. The summed E-state index contributed by atoms with van der Waals surface area (Å²) in [6.07, 6.45) is -4.59. The first-order chi connectivity index (χ1) is 8.62. The number of nitrogens with zero attached hydrogens (tertiary/aromatic N) is 1. The van der Waals surface area contributed by atoms with Crippen molar-refractivity contribution in [1.29, 1.82) is 0 Å². The lowest BCUT2D eigenvalue weighted by Crippen LogP contribution is -2.41. The fraction of sp³-hybridized carbons (Fsp3) is 0.364. The molecule has 19 heavy (non-hydrogen) atoms. The van der Waals surface area contributed by atoms with E-state index in [0.29, 0.717) is 6.07 Å². The molecule has 0 radical (unpaired) electrons. The molecule has 1 rings (SSSR count). The highest BCUT2D eigenvalue weighted by molar-refractivity contribution is 6.33. The van der Waals surface area contributed by atoms with Gasteiger partial charge in [-0.05, 0) is 32.0 Å². The third-order valence-electron chi connectivity index (χ3n) is 2.11. The summed E-state index contributed by atoms with van der Waals surface area (Å²) in [4.78, 5) is 11.5. The molecule has 2 amide bonds. The Morgan fingerprint density at radius 3 is 2.47 bits per heavy atom. The van der Waals surface area contributed by atoms with E-state index in [1.54, 1.807) is 13.8 Å². The third-order valence-corrected chi connectivity index (χ3v) is 2.43. The predicted octanol–water partition coefficient (Wildman–Crippen LogP) is 3.67. The number of urea groups is 1. The minimum absolute atomic E-state index is 0.0531. The number of hydrogen-bond donors (Lipinski definition) is 2. The lowest BCUT2D eigenvalue weighted by Gasteiger charge is -2.19. The number of alkyl halides is 3. The van der Waals surface area contributed by atoms with Crippen LogP contribution in [0.25, 0.3) is 0 Å². The van der Waals surface area contributed by atoms with Gasteiger partial charge in [0.1, 0.15) is 0 Å². The van der Waals surface area contributed by atoms with Crippen LogP contribution in [0.15, 0.2) is 18.2 Å². The van der Waals surface area contributed by atoms with E-state index in [4.69, 9.17) is 11.6 Å². The molecular weight excluding hydrogens is 285 g/mol. The van der Waals surface area contributed by atoms with E-state index in [0.717, 1.165) is 12.1 Å². The Hall–Kier alpha value is -1.47. The fourth-order valence-electron chi connectivity index (χ4n) is 1.27. The predicted molar refractivity (Wildman–Crippen MR) is 64.4 cm³/mol. The van der Waals surface area contributed by atoms with E-state index in [9.17, 15) is 23.2 Å². The van der Waals surface area contributed by atoms with Crippen molar-refractivity contribution in [3.05, 3.63) is 28.8 Å². The number of nitrogens with one attached hydrogen (secondary N) is 1. The van der Waals surface area contributed by atoms with Crippen molar-refractivity contribution in [1.82, 2.24) is 5.32 Å². The van der Waals surface area contributed by atoms with Gasteiger partial charge in [-0.3, -0.25) is 5.21 Å². The van der Waals surface area contributed by atoms with Crippen molar-refractivity contribution >= 4 is 23.3 Å². The normalized spacial score (nSPS) is 11.6. The van der Waals surface area contributed by atoms with Crippen LogP contribution in [0.1, 0.15) is 19.4 Å². The molecule has 0 heterocycles. The summed E-state index contributed by atoms with van der Waals surface area (Å²) >= 11 is 5.67. The van der Waals surface area contributed by atoms with Gasteiger partial charge in [0.15, 0.2) is 0 Å². The van der Waals surface area contributed by atoms with Gasteiger partial charge in [0.05, 0.1) is 16.3 Å². The van der Waals surface area contributed by atoms with Gasteiger partial charge in [-0.2, -0.15) is 18.2 Å². The molecule has 0 aliphatic heterocycles. The molecule has 8 heteroatoms. The van der Waals surface area contributed by atoms with E-state index in [-0.39, 0.29) is 16.1 Å². The number of amides is 2. The number of rotatable bonds is 2. The quantitative estimate of drug-likeness (QED) is 0.646. The first kappa shape index (κ1) is 15.6. The molecule has 0 atom stereocenters. The van der Waals surface area contributed by atoms with E-state index in [2.05, 4.69) is 5.32 Å². The van der Waals surface area contributed by atoms with Crippen molar-refractivity contribution in [3.63, 3.8) is 0 Å². The molecule has 4 nitrogen and oxygen atoms in total. The molecular formula is C11H12ClF3N2O2. The highest BCUT2D eigenvalue weighted by Gasteiger charge is 2.32. The van der Waals surface area contributed by atoms with Crippen LogP contribution in [0.5, 0.6) is 0 Å². The standard InChI is InChI=1S/C11H12ClF3N2O2/c1-6(2)16-10(18)17(19)9-5-7(11(13,14)15)3-4-8(9)12/h3-6,19H,1-2H3,(H,16,18). The van der Waals surface area contributed by atoms with Gasteiger partial charge in [0.2, 0.25) is 0 Å². The number of halogens is 4. The van der Waals surface area contributed by atoms with Crippen LogP contribution >= 0.6 is 11.6 Å². The van der Waals surface area contributed by atoms with Crippen molar-refractivity contribution in [2.45, 2.75) is 26.1 Å². The van der Waals surface area contributed by atoms with Crippen LogP contribution in [0.2, 0.25) is 5.02 Å². The fourth-order valence-corrected chi connectivity index (χ4v) is 1.47. The van der Waals surface area contributed by atoms with Crippen molar-refractivity contribution in [2.24, 2.45) is 0 Å². The summed E-state index contributed by atoms with van der Waals surface area (Å²) in [5.74, 6) is 0. The number of anilines is 1. The molecule has 0 bridgehead atoms. The first-order valence-corrected chi connectivity index (χ1v) is 5.67. The monoisotopic (exact) mass is 296 g/mol. The van der Waals surface area contributed by atoms with Gasteiger partial charge in [-0.15, -0.1) is 0 Å². The van der Waals surface area contributed by atoms with Crippen LogP contribution in [0, 0.1) is 0 Å². The molecule has 106 valence electrons. The van der Waals surface area contributed by atoms with E-state index in [1.165, 1.54) is 0 Å². The van der Waals surface area contributed by atoms with E-state index >= 15 is 0 Å². The van der Waals surface area contributed by atoms with Gasteiger partial charge in [-0.25, -0.2) is 4.79 Å². The summed E-state index contributed by atoms with van der Waals surface area (Å²) < 4.78 is 37.6. The molecule has 1 aromatic rings. The third kappa shape index (κ3) is 4.00. The second kappa shape index (κ2) is 5.66. The maximum absolute atomic E-state index is 12.5. The molecule has 1 aromatic carbocycles. The van der Waals surface area contributed by atoms with Crippen LogP contribution in [0.4, 0.5) is 23.7 Å². The van der Waals surface area contributed by atoms with Crippen molar-refractivity contribution < 1.29 is 23.2 Å². The minimum atomic E-state index is -4.59. The Labute approximate surface area is 112 Å². The van der Waals surface area contributed by atoms with E-state index < -0.39 is 23.5 Å². The Balaban J connectivity index is 3.09. The highest BCUT2D eigenvalue weighted by Crippen LogP contribution is 2.34. The zero-order chi connectivity index (χ0) is 14.8. The van der Waals surface area contributed by atoms with Crippen LogP contribution in [-0.2, 0) is 6.18 Å². The number of hydrogen-bond acceptors (Lipinski definition) is 2. The van der Waals surface area contributed by atoms with Crippen LogP contribution in [-0.4, -0.2) is 17.3 Å². The zero-order valence-corrected chi connectivity index (χ0v) is 10.9. The molecule has 0 aromatic heterocycles. The summed E-state index contributed by atoms with van der Waals surface area (Å²) in [6, 6.07) is 1.08. The highest BCUT2D eigenvalue weighted by atomic mass is 35.5. The number of hydroxylamine groups is 1. The van der Waals surface area contributed by atoms with Crippen molar-refractivity contribution in [2.75, 3.05) is 5.06 Å². The average molecular weight is 297 g/mol. The van der Waals surface area contributed by atoms with E-state index in [1.807, 2.05) is 0 Å². The largest absolute Gasteiger partial charge is 0.416 e. The van der Waals surface area contributed by atoms with Crippen LogP contribution < -0.4 is 10.4 Å². The van der Waals surface area contributed by atoms with Gasteiger partial charge in [0, 0.05) is 6.04 Å². The molecule has 0 saturated carbocycles. The smallest absolute Gasteiger partial charge is 0.334 e. The summed E-state index contributed by atoms with van der Waals surface area (Å²) in [7, 11) is 0. The molecule has 0 spiro atoms. The van der Waals surface area contributed by atoms with Crippen molar-refractivity contribution in [3.8, 4) is 0 Å². The first-order valence-electron chi connectivity index (χ1n) is 5.29. The zero-order valence-electron chi connectivity index (χ0n) is 10.1. The van der Waals surface area contributed by atoms with Gasteiger partial charge in [-0.1, -0.05) is 11.6 Å². The molecule has 0 aliphatic carbocycles. The lowest BCUT2D eigenvalue weighted by molar-refractivity contribution is -0.137. The summed E-state index contributed by atoms with van der Waals surface area (Å²) in [5, 5.41) is 11.8. The number of carbonyl (C=O) groups is 1. The molecule has 2 N–H and O–H groups in total. The summed E-state index contributed by atoms with van der Waals surface area (Å²) in [6.45, 7) is 3.28. The Morgan fingerprint density at radius 1 is 1.42 bits per heavy atom. The second-order valence-corrected chi connectivity index (χ2v) is 4.49. The Morgan fingerprint density at radius 2 is 2.00 bits per heavy atom. The molecule has 0 fully saturated rings. The van der Waals surface area contributed by atoms with Gasteiger partial charge < -0.3 is 5.32 Å². The number of carbonyl (C=O) groups excluding carboxylic acids is 1. The molecule has 0 aliphatic rings.